The van der Waals surface area contributed by atoms with E-state index in [-0.39, 0.29) is 5.78 Å². The number of nitrogens with two attached hydrogens (primary N) is 1. The Balaban J connectivity index is 2.92. The number of ketones is 1. The molecule has 0 rings (SSSR count). The topological polar surface area (TPSA) is 79.2 Å². The number of carbonyl (C=O) groups excluding carboxylic acids is 1. The predicted octanol–water partition coefficient (Wildman–Crippen LogP) is -0.137. The summed E-state index contributed by atoms with van der Waals surface area (Å²) >= 11 is 0. The summed E-state index contributed by atoms with van der Waals surface area (Å²) in [5.74, 6) is 0.199. The number of Topliss-reactive ketones (excluding diaryl/α,β-unsaturated/α-hetero) is 1. The second-order valence-electron chi connectivity index (χ2n) is 4.58. The summed E-state index contributed by atoms with van der Waals surface area (Å²) in [7, 11) is 0. The molecule has 5 N–H and O–H groups in total. The Hall–Kier alpha value is -0.490. The minimum atomic E-state index is 0.199. The van der Waals surface area contributed by atoms with Gasteiger partial charge in [0.25, 0.3) is 0 Å². The van der Waals surface area contributed by atoms with Crippen LogP contribution in [0.3, 0.4) is 0 Å². The van der Waals surface area contributed by atoms with Gasteiger partial charge in [-0.2, -0.15) is 0 Å². The molecular formula is C13H30N4O. The molecule has 0 saturated carbocycles. The third-order valence-corrected chi connectivity index (χ3v) is 2.60. The fraction of sp³-hybridized carbons (Fsp3) is 0.923. The second-order valence-corrected chi connectivity index (χ2v) is 4.58. The lowest BCUT2D eigenvalue weighted by Crippen LogP contribution is -2.26. The van der Waals surface area contributed by atoms with Crippen molar-refractivity contribution in [1.82, 2.24) is 16.0 Å². The Morgan fingerprint density at radius 3 is 1.89 bits per heavy atom. The normalized spacial score (nSPS) is 10.8. The van der Waals surface area contributed by atoms with E-state index in [1.807, 2.05) is 0 Å². The quantitative estimate of drug-likeness (QED) is 0.326. The number of nitrogens with one attached hydrogen (secondary N) is 3. The van der Waals surface area contributed by atoms with E-state index in [4.69, 9.17) is 5.73 Å². The van der Waals surface area contributed by atoms with E-state index >= 15 is 0 Å². The Morgan fingerprint density at radius 2 is 1.33 bits per heavy atom. The summed E-state index contributed by atoms with van der Waals surface area (Å²) in [6, 6.07) is 0. The monoisotopic (exact) mass is 258 g/mol. The first-order valence-electron chi connectivity index (χ1n) is 7.09. The van der Waals surface area contributed by atoms with Gasteiger partial charge in [-0.3, -0.25) is 4.79 Å². The molecule has 0 aromatic heterocycles. The molecule has 0 bridgehead atoms. The third kappa shape index (κ3) is 15.5. The number of carbonyl (C=O) groups is 1. The zero-order valence-electron chi connectivity index (χ0n) is 11.8. The van der Waals surface area contributed by atoms with Gasteiger partial charge in [-0.1, -0.05) is 0 Å². The van der Waals surface area contributed by atoms with E-state index in [1.54, 1.807) is 6.92 Å². The Kier molecular flexibility index (Phi) is 14.2. The maximum absolute atomic E-state index is 10.7. The van der Waals surface area contributed by atoms with Crippen LogP contribution in [-0.4, -0.2) is 51.6 Å². The average molecular weight is 258 g/mol. The van der Waals surface area contributed by atoms with Crippen molar-refractivity contribution >= 4 is 5.78 Å². The first-order valence-corrected chi connectivity index (χ1v) is 7.09. The van der Waals surface area contributed by atoms with Crippen LogP contribution in [0.15, 0.2) is 0 Å². The van der Waals surface area contributed by atoms with Gasteiger partial charge in [-0.15, -0.1) is 0 Å². The average Bonchev–Trinajstić information content (AvgIpc) is 2.34. The minimum Gasteiger partial charge on any atom is -0.330 e. The van der Waals surface area contributed by atoms with Gasteiger partial charge in [-0.05, 0) is 71.9 Å². The Bertz CT molecular complexity index is 188. The van der Waals surface area contributed by atoms with Crippen LogP contribution in [0.4, 0.5) is 0 Å². The van der Waals surface area contributed by atoms with Crippen LogP contribution in [0.1, 0.15) is 32.6 Å². The highest BCUT2D eigenvalue weighted by Crippen LogP contribution is 1.85. The molecule has 0 heterocycles. The highest BCUT2D eigenvalue weighted by Gasteiger charge is 1.92. The largest absolute Gasteiger partial charge is 0.330 e. The highest BCUT2D eigenvalue weighted by molar-refractivity contribution is 5.77. The van der Waals surface area contributed by atoms with Gasteiger partial charge < -0.3 is 21.7 Å². The fourth-order valence-electron chi connectivity index (χ4n) is 1.58. The first kappa shape index (κ1) is 17.5. The second kappa shape index (κ2) is 14.6. The predicted molar refractivity (Wildman–Crippen MR) is 76.8 cm³/mol. The maximum atomic E-state index is 10.7. The summed E-state index contributed by atoms with van der Waals surface area (Å²) < 4.78 is 0. The van der Waals surface area contributed by atoms with E-state index < -0.39 is 0 Å². The van der Waals surface area contributed by atoms with Gasteiger partial charge >= 0.3 is 0 Å². The third-order valence-electron chi connectivity index (χ3n) is 2.60. The molecule has 18 heavy (non-hydrogen) atoms. The van der Waals surface area contributed by atoms with Crippen LogP contribution < -0.4 is 21.7 Å². The van der Waals surface area contributed by atoms with Crippen LogP contribution >= 0.6 is 0 Å². The van der Waals surface area contributed by atoms with Gasteiger partial charge in [0.05, 0.1) is 6.54 Å². The summed E-state index contributed by atoms with van der Waals surface area (Å²) in [4.78, 5) is 10.7. The zero-order valence-corrected chi connectivity index (χ0v) is 11.8. The lowest BCUT2D eigenvalue weighted by Gasteiger charge is -2.06. The van der Waals surface area contributed by atoms with Crippen molar-refractivity contribution in [3.63, 3.8) is 0 Å². The van der Waals surface area contributed by atoms with E-state index in [0.717, 1.165) is 52.1 Å². The molecule has 0 aliphatic carbocycles. The van der Waals surface area contributed by atoms with Gasteiger partial charge in [0.1, 0.15) is 5.78 Å². The van der Waals surface area contributed by atoms with Crippen molar-refractivity contribution in [2.24, 2.45) is 5.73 Å². The standard InChI is InChI=1S/C13H30N4O/c1-13(18)12-17-11-5-10-16-8-3-2-7-15-9-4-6-14/h15-17H,2-12,14H2,1H3. The molecule has 0 radical (unpaired) electrons. The molecule has 5 heteroatoms. The van der Waals surface area contributed by atoms with Crippen molar-refractivity contribution in [3.05, 3.63) is 0 Å². The molecule has 0 aromatic carbocycles. The Labute approximate surface area is 111 Å². The van der Waals surface area contributed by atoms with Crippen LogP contribution in [0.25, 0.3) is 0 Å². The summed E-state index contributed by atoms with van der Waals surface area (Å²) in [5.41, 5.74) is 5.40. The molecule has 0 atom stereocenters. The molecule has 0 aliphatic heterocycles. The maximum Gasteiger partial charge on any atom is 0.143 e. The van der Waals surface area contributed by atoms with Crippen molar-refractivity contribution in [2.75, 3.05) is 45.8 Å². The highest BCUT2D eigenvalue weighted by atomic mass is 16.1. The van der Waals surface area contributed by atoms with Crippen LogP contribution in [-0.2, 0) is 4.79 Å². The number of unbranched alkanes of at least 4 members (excludes halogenated alkanes) is 1. The molecule has 0 spiro atoms. The summed E-state index contributed by atoms with van der Waals surface area (Å²) in [6.07, 6.45) is 4.55. The Morgan fingerprint density at radius 1 is 0.833 bits per heavy atom. The zero-order chi connectivity index (χ0) is 13.5. The van der Waals surface area contributed by atoms with Gasteiger partial charge in [0.15, 0.2) is 0 Å². The van der Waals surface area contributed by atoms with Crippen molar-refractivity contribution < 1.29 is 4.79 Å². The van der Waals surface area contributed by atoms with Gasteiger partial charge in [-0.25, -0.2) is 0 Å². The first-order chi connectivity index (χ1) is 8.77. The number of rotatable bonds is 14. The molecule has 0 aliphatic rings. The molecule has 108 valence electrons. The summed E-state index contributed by atoms with van der Waals surface area (Å²) in [5, 5.41) is 9.87. The minimum absolute atomic E-state index is 0.199. The van der Waals surface area contributed by atoms with Crippen LogP contribution in [0.5, 0.6) is 0 Å². The van der Waals surface area contributed by atoms with Crippen molar-refractivity contribution in [1.29, 1.82) is 0 Å². The van der Waals surface area contributed by atoms with Crippen molar-refractivity contribution in [3.8, 4) is 0 Å². The van der Waals surface area contributed by atoms with Gasteiger partial charge in [0.2, 0.25) is 0 Å². The van der Waals surface area contributed by atoms with Gasteiger partial charge in [0, 0.05) is 0 Å². The summed E-state index contributed by atoms with van der Waals surface area (Å²) in [6.45, 7) is 7.99. The molecule has 0 saturated heterocycles. The van der Waals surface area contributed by atoms with E-state index in [2.05, 4.69) is 16.0 Å². The smallest absolute Gasteiger partial charge is 0.143 e. The molecular weight excluding hydrogens is 228 g/mol. The molecule has 0 unspecified atom stereocenters. The van der Waals surface area contributed by atoms with E-state index in [1.165, 1.54) is 12.8 Å². The fourth-order valence-corrected chi connectivity index (χ4v) is 1.58. The van der Waals surface area contributed by atoms with Crippen molar-refractivity contribution in [2.45, 2.75) is 32.6 Å². The lowest BCUT2D eigenvalue weighted by molar-refractivity contribution is -0.116. The van der Waals surface area contributed by atoms with Crippen LogP contribution in [0, 0.1) is 0 Å². The van der Waals surface area contributed by atoms with E-state index in [9.17, 15) is 4.79 Å². The molecule has 5 nitrogen and oxygen atoms in total. The number of hydrogen-bond donors (Lipinski definition) is 4. The molecule has 0 fully saturated rings. The van der Waals surface area contributed by atoms with E-state index in [0.29, 0.717) is 6.54 Å². The molecule has 0 aromatic rings. The molecule has 0 amide bonds. The van der Waals surface area contributed by atoms with Crippen LogP contribution in [0.2, 0.25) is 0 Å². The SMILES string of the molecule is CC(=O)CNCCCNCCCCNCCCN. The lowest BCUT2D eigenvalue weighted by atomic mass is 10.3. The number of hydrogen-bond acceptors (Lipinski definition) is 5.